The fourth-order valence-corrected chi connectivity index (χ4v) is 2.71. The van der Waals surface area contributed by atoms with Gasteiger partial charge in [0.15, 0.2) is 0 Å². The number of likely N-dealkylation sites (N-methyl/N-ethyl adjacent to an activating group) is 2. The van der Waals surface area contributed by atoms with Gasteiger partial charge in [0.1, 0.15) is 0 Å². The highest BCUT2D eigenvalue weighted by Crippen LogP contribution is 2.31. The minimum absolute atomic E-state index is 0.597. The van der Waals surface area contributed by atoms with Crippen molar-refractivity contribution >= 4 is 0 Å². The Morgan fingerprint density at radius 3 is 2.69 bits per heavy atom. The number of hydrogen-bond acceptors (Lipinski definition) is 3. The minimum Gasteiger partial charge on any atom is -0.380 e. The molecular weight excluding hydrogens is 200 g/mol. The van der Waals surface area contributed by atoms with E-state index in [-0.39, 0.29) is 0 Å². The first-order chi connectivity index (χ1) is 7.85. The highest BCUT2D eigenvalue weighted by atomic mass is 16.5. The summed E-state index contributed by atoms with van der Waals surface area (Å²) in [5, 5.41) is 3.62. The van der Waals surface area contributed by atoms with Crippen LogP contribution in [0.15, 0.2) is 0 Å². The maximum absolute atomic E-state index is 5.66. The van der Waals surface area contributed by atoms with E-state index in [9.17, 15) is 0 Å². The Balaban J connectivity index is 1.89. The van der Waals surface area contributed by atoms with E-state index < -0.39 is 0 Å². The van der Waals surface area contributed by atoms with Gasteiger partial charge in [-0.15, -0.1) is 0 Å². The highest BCUT2D eigenvalue weighted by Gasteiger charge is 2.33. The van der Waals surface area contributed by atoms with E-state index in [4.69, 9.17) is 4.74 Å². The highest BCUT2D eigenvalue weighted by molar-refractivity contribution is 4.89. The van der Waals surface area contributed by atoms with Crippen LogP contribution in [0.25, 0.3) is 0 Å². The van der Waals surface area contributed by atoms with Crippen molar-refractivity contribution in [3.63, 3.8) is 0 Å². The maximum Gasteiger partial charge on any atom is 0.0637 e. The average Bonchev–Trinajstić information content (AvgIpc) is 3.11. The first-order valence-electron chi connectivity index (χ1n) is 6.90. The van der Waals surface area contributed by atoms with Crippen molar-refractivity contribution in [3.8, 4) is 0 Å². The number of ether oxygens (including phenoxy) is 1. The van der Waals surface area contributed by atoms with Crippen LogP contribution in [0, 0.1) is 5.92 Å². The molecule has 16 heavy (non-hydrogen) atoms. The zero-order chi connectivity index (χ0) is 11.4. The fraction of sp³-hybridized carbons (Fsp3) is 1.00. The van der Waals surface area contributed by atoms with Crippen LogP contribution in [-0.4, -0.2) is 49.8 Å². The van der Waals surface area contributed by atoms with Crippen LogP contribution < -0.4 is 5.32 Å². The summed E-state index contributed by atoms with van der Waals surface area (Å²) in [6.07, 6.45) is 4.05. The van der Waals surface area contributed by atoms with E-state index >= 15 is 0 Å². The smallest absolute Gasteiger partial charge is 0.0637 e. The first kappa shape index (κ1) is 12.3. The van der Waals surface area contributed by atoms with E-state index in [1.54, 1.807) is 0 Å². The van der Waals surface area contributed by atoms with Crippen LogP contribution >= 0.6 is 0 Å². The molecule has 0 aromatic carbocycles. The Kier molecular flexibility index (Phi) is 4.62. The zero-order valence-corrected chi connectivity index (χ0v) is 10.7. The van der Waals surface area contributed by atoms with Crippen molar-refractivity contribution in [2.45, 2.75) is 45.2 Å². The molecule has 0 radical (unpaired) electrons. The molecule has 3 nitrogen and oxygen atoms in total. The third kappa shape index (κ3) is 3.19. The molecule has 3 heteroatoms. The molecule has 0 spiro atoms. The molecule has 1 aliphatic heterocycles. The van der Waals surface area contributed by atoms with Crippen molar-refractivity contribution in [2.24, 2.45) is 5.92 Å². The fourth-order valence-electron chi connectivity index (χ4n) is 2.71. The predicted molar refractivity (Wildman–Crippen MR) is 66.7 cm³/mol. The Morgan fingerprint density at radius 1 is 1.25 bits per heavy atom. The van der Waals surface area contributed by atoms with E-state index in [1.807, 2.05) is 0 Å². The van der Waals surface area contributed by atoms with Crippen molar-refractivity contribution < 1.29 is 4.74 Å². The molecule has 2 rings (SSSR count). The summed E-state index contributed by atoms with van der Waals surface area (Å²) in [6.45, 7) is 9.83. The van der Waals surface area contributed by atoms with Crippen LogP contribution in [0.4, 0.5) is 0 Å². The lowest BCUT2D eigenvalue weighted by atomic mass is 10.0. The molecule has 0 aromatic heterocycles. The lowest BCUT2D eigenvalue weighted by Crippen LogP contribution is -2.55. The average molecular weight is 226 g/mol. The van der Waals surface area contributed by atoms with Gasteiger partial charge in [-0.2, -0.15) is 0 Å². The van der Waals surface area contributed by atoms with Crippen molar-refractivity contribution in [1.82, 2.24) is 10.2 Å². The van der Waals surface area contributed by atoms with Crippen LogP contribution in [0.1, 0.15) is 33.1 Å². The lowest BCUT2D eigenvalue weighted by molar-refractivity contribution is -0.00263. The standard InChI is InChI=1S/C13H26N2O/c1-3-14-12-7-8-16-10-13(12)15(4-2)9-11-5-6-11/h11-14H,3-10H2,1-2H3. The summed E-state index contributed by atoms with van der Waals surface area (Å²) < 4.78 is 5.66. The normalized spacial score (nSPS) is 30.9. The van der Waals surface area contributed by atoms with E-state index in [1.165, 1.54) is 25.8 Å². The molecule has 94 valence electrons. The molecule has 1 heterocycles. The molecule has 0 bridgehead atoms. The summed E-state index contributed by atoms with van der Waals surface area (Å²) >= 11 is 0. The zero-order valence-electron chi connectivity index (χ0n) is 10.7. The molecule has 2 unspecified atom stereocenters. The van der Waals surface area contributed by atoms with Crippen LogP contribution in [0.3, 0.4) is 0 Å². The van der Waals surface area contributed by atoms with Crippen molar-refractivity contribution in [3.05, 3.63) is 0 Å². The van der Waals surface area contributed by atoms with Gasteiger partial charge in [-0.05, 0) is 38.3 Å². The molecule has 2 fully saturated rings. The second-order valence-corrected chi connectivity index (χ2v) is 5.13. The lowest BCUT2D eigenvalue weighted by Gasteiger charge is -2.39. The topological polar surface area (TPSA) is 24.5 Å². The van der Waals surface area contributed by atoms with Gasteiger partial charge in [0, 0.05) is 25.2 Å². The second kappa shape index (κ2) is 5.99. The van der Waals surface area contributed by atoms with Gasteiger partial charge in [-0.3, -0.25) is 4.90 Å². The third-order valence-electron chi connectivity index (χ3n) is 3.86. The molecule has 1 N–H and O–H groups in total. The minimum atomic E-state index is 0.597. The van der Waals surface area contributed by atoms with Crippen molar-refractivity contribution in [2.75, 3.05) is 32.8 Å². The molecule has 0 aromatic rings. The molecule has 1 saturated heterocycles. The van der Waals surface area contributed by atoms with E-state index in [0.717, 1.165) is 32.2 Å². The molecule has 0 amide bonds. The predicted octanol–water partition coefficient (Wildman–Crippen LogP) is 1.49. The van der Waals surface area contributed by atoms with E-state index in [0.29, 0.717) is 12.1 Å². The number of nitrogens with zero attached hydrogens (tertiary/aromatic N) is 1. The Bertz CT molecular complexity index is 204. The van der Waals surface area contributed by atoms with Gasteiger partial charge in [0.05, 0.1) is 6.61 Å². The number of nitrogens with one attached hydrogen (secondary N) is 1. The summed E-state index contributed by atoms with van der Waals surface area (Å²) in [4.78, 5) is 2.63. The van der Waals surface area contributed by atoms with Gasteiger partial charge in [-0.25, -0.2) is 0 Å². The summed E-state index contributed by atoms with van der Waals surface area (Å²) in [7, 11) is 0. The third-order valence-corrected chi connectivity index (χ3v) is 3.86. The largest absolute Gasteiger partial charge is 0.380 e. The number of rotatable bonds is 6. The van der Waals surface area contributed by atoms with Crippen LogP contribution in [0.5, 0.6) is 0 Å². The summed E-state index contributed by atoms with van der Waals surface area (Å²) in [5.41, 5.74) is 0. The monoisotopic (exact) mass is 226 g/mol. The van der Waals surface area contributed by atoms with Gasteiger partial charge in [-0.1, -0.05) is 13.8 Å². The molecule has 2 atom stereocenters. The Hall–Kier alpha value is -0.120. The van der Waals surface area contributed by atoms with Gasteiger partial charge in [0.25, 0.3) is 0 Å². The number of hydrogen-bond donors (Lipinski definition) is 1. The summed E-state index contributed by atoms with van der Waals surface area (Å²) in [6, 6.07) is 1.23. The van der Waals surface area contributed by atoms with Gasteiger partial charge >= 0.3 is 0 Å². The Morgan fingerprint density at radius 2 is 2.06 bits per heavy atom. The van der Waals surface area contributed by atoms with Gasteiger partial charge in [0.2, 0.25) is 0 Å². The van der Waals surface area contributed by atoms with Crippen LogP contribution in [0.2, 0.25) is 0 Å². The Labute approximate surface area is 99.5 Å². The van der Waals surface area contributed by atoms with E-state index in [2.05, 4.69) is 24.1 Å². The van der Waals surface area contributed by atoms with Crippen molar-refractivity contribution in [1.29, 1.82) is 0 Å². The molecule has 2 aliphatic rings. The maximum atomic E-state index is 5.66. The molecule has 1 saturated carbocycles. The summed E-state index contributed by atoms with van der Waals surface area (Å²) in [5.74, 6) is 0.976. The quantitative estimate of drug-likeness (QED) is 0.742. The van der Waals surface area contributed by atoms with Gasteiger partial charge < -0.3 is 10.1 Å². The second-order valence-electron chi connectivity index (χ2n) is 5.13. The van der Waals surface area contributed by atoms with Crippen LogP contribution in [-0.2, 0) is 4.74 Å². The molecule has 1 aliphatic carbocycles. The first-order valence-corrected chi connectivity index (χ1v) is 6.90. The SMILES string of the molecule is CCNC1CCOCC1N(CC)CC1CC1. The molecular formula is C13H26N2O.